The number of benzene rings is 1. The van der Waals surface area contributed by atoms with Crippen LogP contribution >= 0.6 is 27.3 Å². The normalized spacial score (nSPS) is 19.1. The van der Waals surface area contributed by atoms with Gasteiger partial charge in [0.2, 0.25) is 5.91 Å². The summed E-state index contributed by atoms with van der Waals surface area (Å²) in [5, 5.41) is 6.77. The lowest BCUT2D eigenvalue weighted by atomic mass is 9.72. The van der Waals surface area contributed by atoms with Gasteiger partial charge in [-0.25, -0.2) is 0 Å². The van der Waals surface area contributed by atoms with Crippen LogP contribution in [0.15, 0.2) is 28.7 Å². The minimum Gasteiger partial charge on any atom is -0.379 e. The molecule has 2 aliphatic rings. The highest BCUT2D eigenvalue weighted by molar-refractivity contribution is 9.10. The van der Waals surface area contributed by atoms with E-state index in [1.165, 1.54) is 4.88 Å². The summed E-state index contributed by atoms with van der Waals surface area (Å²) in [5.74, 6) is 0.314. The lowest BCUT2D eigenvalue weighted by molar-refractivity contribution is -0.118. The van der Waals surface area contributed by atoms with Gasteiger partial charge < -0.3 is 15.4 Å². The fourth-order valence-corrected chi connectivity index (χ4v) is 6.11. The summed E-state index contributed by atoms with van der Waals surface area (Å²) >= 11 is 5.00. The van der Waals surface area contributed by atoms with Crippen LogP contribution in [0.2, 0.25) is 0 Å². The zero-order chi connectivity index (χ0) is 23.6. The van der Waals surface area contributed by atoms with Crippen molar-refractivity contribution in [1.82, 2.24) is 4.90 Å². The average molecular weight is 535 g/mol. The number of carbonyl (C=O) groups excluding carboxylic acids is 2. The molecule has 0 bridgehead atoms. The van der Waals surface area contributed by atoms with E-state index in [4.69, 9.17) is 4.74 Å². The largest absolute Gasteiger partial charge is 0.379 e. The number of nitrogens with one attached hydrogen (secondary N) is 2. The van der Waals surface area contributed by atoms with E-state index in [9.17, 15) is 9.59 Å². The number of carbonyl (C=O) groups is 2. The number of thiophene rings is 1. The van der Waals surface area contributed by atoms with Crippen LogP contribution in [0.1, 0.15) is 48.0 Å². The van der Waals surface area contributed by atoms with E-state index in [1.807, 2.05) is 24.3 Å². The fourth-order valence-electron chi connectivity index (χ4n) is 4.51. The van der Waals surface area contributed by atoms with Crippen LogP contribution in [-0.4, -0.2) is 49.6 Å². The van der Waals surface area contributed by atoms with E-state index in [0.717, 1.165) is 48.1 Å². The van der Waals surface area contributed by atoms with Crippen LogP contribution in [0.3, 0.4) is 0 Å². The molecule has 1 aromatic carbocycles. The van der Waals surface area contributed by atoms with Crippen molar-refractivity contribution >= 4 is 49.8 Å². The quantitative estimate of drug-likeness (QED) is 0.555. The van der Waals surface area contributed by atoms with Crippen LogP contribution in [0, 0.1) is 11.3 Å². The molecule has 2 N–H and O–H groups in total. The Balaban J connectivity index is 1.58. The van der Waals surface area contributed by atoms with Crippen LogP contribution in [0.4, 0.5) is 10.7 Å². The lowest BCUT2D eigenvalue weighted by Gasteiger charge is -2.33. The number of rotatable bonds is 5. The number of hydrogen-bond donors (Lipinski definition) is 2. The second kappa shape index (κ2) is 10.3. The second-order valence-corrected chi connectivity index (χ2v) is 11.9. The van der Waals surface area contributed by atoms with Gasteiger partial charge in [-0.3, -0.25) is 14.5 Å². The van der Waals surface area contributed by atoms with E-state index < -0.39 is 0 Å². The van der Waals surface area contributed by atoms with Gasteiger partial charge in [-0.2, -0.15) is 0 Å². The van der Waals surface area contributed by atoms with E-state index in [-0.39, 0.29) is 17.2 Å². The number of hydrogen-bond acceptors (Lipinski definition) is 5. The number of morpholine rings is 1. The van der Waals surface area contributed by atoms with Crippen LogP contribution in [-0.2, 0) is 22.4 Å². The second-order valence-electron chi connectivity index (χ2n) is 9.91. The van der Waals surface area contributed by atoms with E-state index in [1.54, 1.807) is 11.3 Å². The molecule has 2 amide bonds. The third kappa shape index (κ3) is 6.04. The molecule has 1 aliphatic carbocycles. The molecule has 0 spiro atoms. The summed E-state index contributed by atoms with van der Waals surface area (Å²) < 4.78 is 6.34. The third-order valence-corrected chi connectivity index (χ3v) is 8.24. The van der Waals surface area contributed by atoms with Gasteiger partial charge in [-0.05, 0) is 60.4 Å². The molecule has 2 heterocycles. The zero-order valence-electron chi connectivity index (χ0n) is 19.5. The maximum atomic E-state index is 13.4. The number of ether oxygens (including phenoxy) is 1. The number of amides is 2. The van der Waals surface area contributed by atoms with Gasteiger partial charge in [0.15, 0.2) is 0 Å². The predicted molar refractivity (Wildman–Crippen MR) is 137 cm³/mol. The van der Waals surface area contributed by atoms with Gasteiger partial charge >= 0.3 is 0 Å². The van der Waals surface area contributed by atoms with Crippen LogP contribution in [0.5, 0.6) is 0 Å². The van der Waals surface area contributed by atoms with Gasteiger partial charge in [0.05, 0.1) is 25.3 Å². The molecule has 1 aromatic heterocycles. The zero-order valence-corrected chi connectivity index (χ0v) is 21.9. The number of halogens is 1. The molecule has 33 heavy (non-hydrogen) atoms. The summed E-state index contributed by atoms with van der Waals surface area (Å²) in [6.07, 6.45) is 2.85. The van der Waals surface area contributed by atoms with Gasteiger partial charge in [0, 0.05) is 28.1 Å². The summed E-state index contributed by atoms with van der Waals surface area (Å²) in [4.78, 5) is 29.6. The Bertz CT molecular complexity index is 1010. The Labute approximate surface area is 208 Å². The molecular weight excluding hydrogens is 502 g/mol. The molecule has 178 valence electrons. The van der Waals surface area contributed by atoms with Gasteiger partial charge in [-0.15, -0.1) is 11.3 Å². The standard InChI is InChI=1S/C25H32BrN3O3S/c1-25(2,3)16-4-9-19-20(14-16)33-24(28-21(30)15-29-10-12-32-13-11-29)22(19)23(31)27-18-7-5-17(26)6-8-18/h5-8,16H,4,9-15H2,1-3H3,(H,27,31)(H,28,30)/t16-/m0/s1. The van der Waals surface area contributed by atoms with Crippen molar-refractivity contribution in [3.8, 4) is 0 Å². The summed E-state index contributed by atoms with van der Waals surface area (Å²) in [7, 11) is 0. The molecule has 6 nitrogen and oxygen atoms in total. The average Bonchev–Trinajstić information content (AvgIpc) is 3.12. The first-order valence-electron chi connectivity index (χ1n) is 11.5. The fraction of sp³-hybridized carbons (Fsp3) is 0.520. The first-order chi connectivity index (χ1) is 15.7. The summed E-state index contributed by atoms with van der Waals surface area (Å²) in [6, 6.07) is 7.54. The maximum absolute atomic E-state index is 13.4. The van der Waals surface area contributed by atoms with Crippen molar-refractivity contribution in [2.24, 2.45) is 11.3 Å². The number of anilines is 2. The van der Waals surface area contributed by atoms with Crippen molar-refractivity contribution in [1.29, 1.82) is 0 Å². The van der Waals surface area contributed by atoms with Gasteiger partial charge in [-0.1, -0.05) is 36.7 Å². The van der Waals surface area contributed by atoms with Gasteiger partial charge in [0.25, 0.3) is 5.91 Å². The highest BCUT2D eigenvalue weighted by Gasteiger charge is 2.34. The van der Waals surface area contributed by atoms with E-state index in [0.29, 0.717) is 36.2 Å². The summed E-state index contributed by atoms with van der Waals surface area (Å²) in [6.45, 7) is 9.94. The minimum absolute atomic E-state index is 0.0828. The van der Waals surface area contributed by atoms with Crippen LogP contribution in [0.25, 0.3) is 0 Å². The number of nitrogens with zero attached hydrogens (tertiary/aromatic N) is 1. The molecule has 0 saturated carbocycles. The molecular formula is C25H32BrN3O3S. The highest BCUT2D eigenvalue weighted by atomic mass is 79.9. The van der Waals surface area contributed by atoms with Gasteiger partial charge in [0.1, 0.15) is 5.00 Å². The monoisotopic (exact) mass is 533 g/mol. The topological polar surface area (TPSA) is 70.7 Å². The van der Waals surface area contributed by atoms with Crippen molar-refractivity contribution in [3.63, 3.8) is 0 Å². The number of fused-ring (bicyclic) bond motifs is 1. The van der Waals surface area contributed by atoms with Crippen molar-refractivity contribution in [2.75, 3.05) is 43.5 Å². The predicted octanol–water partition coefficient (Wildman–Crippen LogP) is 5.18. The van der Waals surface area contributed by atoms with E-state index in [2.05, 4.69) is 52.2 Å². The SMILES string of the molecule is CC(C)(C)[C@H]1CCc2c(sc(NC(=O)CN3CCOCC3)c2C(=O)Nc2ccc(Br)cc2)C1. The molecule has 1 saturated heterocycles. The third-order valence-electron chi connectivity index (χ3n) is 6.54. The first kappa shape index (κ1) is 24.4. The Kier molecular flexibility index (Phi) is 7.58. The Morgan fingerprint density at radius 3 is 2.52 bits per heavy atom. The smallest absolute Gasteiger partial charge is 0.258 e. The molecule has 1 atom stereocenters. The molecule has 1 aliphatic heterocycles. The molecule has 1 fully saturated rings. The van der Waals surface area contributed by atoms with Crippen molar-refractivity contribution in [3.05, 3.63) is 44.7 Å². The Morgan fingerprint density at radius 2 is 1.85 bits per heavy atom. The molecule has 0 unspecified atom stereocenters. The molecule has 8 heteroatoms. The lowest BCUT2D eigenvalue weighted by Crippen LogP contribution is -2.41. The van der Waals surface area contributed by atoms with Crippen molar-refractivity contribution < 1.29 is 14.3 Å². The highest BCUT2D eigenvalue weighted by Crippen LogP contribution is 2.44. The Morgan fingerprint density at radius 1 is 1.15 bits per heavy atom. The van der Waals surface area contributed by atoms with Crippen LogP contribution < -0.4 is 10.6 Å². The maximum Gasteiger partial charge on any atom is 0.258 e. The minimum atomic E-state index is -0.161. The summed E-state index contributed by atoms with van der Waals surface area (Å²) in [5.41, 5.74) is 2.66. The van der Waals surface area contributed by atoms with E-state index >= 15 is 0 Å². The molecule has 4 rings (SSSR count). The molecule has 2 aromatic rings. The van der Waals surface area contributed by atoms with Crippen molar-refractivity contribution in [2.45, 2.75) is 40.0 Å². The molecule has 0 radical (unpaired) electrons. The first-order valence-corrected chi connectivity index (χ1v) is 13.1. The Hall–Kier alpha value is -1.74.